The van der Waals surface area contributed by atoms with Gasteiger partial charge in [0.05, 0.1) is 6.54 Å². The molecule has 6 nitrogen and oxygen atoms in total. The monoisotopic (exact) mass is 280 g/mol. The highest BCUT2D eigenvalue weighted by Gasteiger charge is 2.34. The largest absolute Gasteiger partial charge is 0.459 e. The van der Waals surface area contributed by atoms with E-state index in [2.05, 4.69) is 15.0 Å². The van der Waals surface area contributed by atoms with E-state index in [0.717, 1.165) is 31.8 Å². The van der Waals surface area contributed by atoms with Crippen LogP contribution < -0.4 is 0 Å². The Morgan fingerprint density at radius 1 is 1.50 bits per heavy atom. The zero-order valence-corrected chi connectivity index (χ0v) is 12.8. The van der Waals surface area contributed by atoms with E-state index in [9.17, 15) is 4.79 Å². The van der Waals surface area contributed by atoms with E-state index in [4.69, 9.17) is 4.74 Å². The van der Waals surface area contributed by atoms with Crippen LogP contribution in [0.5, 0.6) is 0 Å². The molecule has 0 aliphatic carbocycles. The summed E-state index contributed by atoms with van der Waals surface area (Å²) in [6.45, 7) is 10.1. The number of carbonyl (C=O) groups excluding carboxylic acids is 1. The van der Waals surface area contributed by atoms with E-state index in [1.54, 1.807) is 6.33 Å². The van der Waals surface area contributed by atoms with Crippen molar-refractivity contribution in [3.05, 3.63) is 12.2 Å². The van der Waals surface area contributed by atoms with E-state index in [-0.39, 0.29) is 12.0 Å². The Hall–Kier alpha value is -1.43. The SMILES string of the molecule is CCn1ncnc1CN1CCC[C@H]1C(=O)OC(C)(C)C. The lowest BCUT2D eigenvalue weighted by molar-refractivity contribution is -0.160. The molecule has 0 aromatic carbocycles. The summed E-state index contributed by atoms with van der Waals surface area (Å²) in [6, 6.07) is -0.156. The number of likely N-dealkylation sites (tertiary alicyclic amines) is 1. The third kappa shape index (κ3) is 3.56. The molecule has 1 aromatic rings. The van der Waals surface area contributed by atoms with Crippen LogP contribution in [0.4, 0.5) is 0 Å². The quantitative estimate of drug-likeness (QED) is 0.784. The minimum absolute atomic E-state index is 0.127. The van der Waals surface area contributed by atoms with E-state index in [1.165, 1.54) is 0 Å². The van der Waals surface area contributed by atoms with Crippen LogP contribution in [0.2, 0.25) is 0 Å². The molecule has 2 heterocycles. The van der Waals surface area contributed by atoms with Crippen LogP contribution in [0.1, 0.15) is 46.4 Å². The number of hydrogen-bond acceptors (Lipinski definition) is 5. The average Bonchev–Trinajstić information content (AvgIpc) is 2.96. The highest BCUT2D eigenvalue weighted by Crippen LogP contribution is 2.22. The second-order valence-corrected chi connectivity index (χ2v) is 6.15. The van der Waals surface area contributed by atoms with Gasteiger partial charge in [-0.2, -0.15) is 5.10 Å². The van der Waals surface area contributed by atoms with Crippen molar-refractivity contribution in [1.29, 1.82) is 0 Å². The summed E-state index contributed by atoms with van der Waals surface area (Å²) in [7, 11) is 0. The average molecular weight is 280 g/mol. The first-order valence-electron chi connectivity index (χ1n) is 7.24. The predicted octanol–water partition coefficient (Wildman–Crippen LogP) is 1.60. The summed E-state index contributed by atoms with van der Waals surface area (Å²) >= 11 is 0. The molecular weight excluding hydrogens is 256 g/mol. The van der Waals surface area contributed by atoms with Crippen LogP contribution in [0.25, 0.3) is 0 Å². The number of nitrogens with zero attached hydrogens (tertiary/aromatic N) is 4. The van der Waals surface area contributed by atoms with Crippen LogP contribution in [0.15, 0.2) is 6.33 Å². The first-order valence-corrected chi connectivity index (χ1v) is 7.24. The van der Waals surface area contributed by atoms with E-state index in [0.29, 0.717) is 6.54 Å². The van der Waals surface area contributed by atoms with Gasteiger partial charge in [0, 0.05) is 6.54 Å². The molecule has 0 spiro atoms. The fraction of sp³-hybridized carbons (Fsp3) is 0.786. The third-order valence-corrected chi connectivity index (χ3v) is 3.38. The lowest BCUT2D eigenvalue weighted by Gasteiger charge is -2.27. The molecule has 1 aliphatic rings. The number of hydrogen-bond donors (Lipinski definition) is 0. The van der Waals surface area contributed by atoms with Crippen molar-refractivity contribution in [1.82, 2.24) is 19.7 Å². The van der Waals surface area contributed by atoms with E-state index < -0.39 is 5.60 Å². The Morgan fingerprint density at radius 2 is 2.25 bits per heavy atom. The maximum Gasteiger partial charge on any atom is 0.323 e. The molecule has 1 aromatic heterocycles. The highest BCUT2D eigenvalue weighted by molar-refractivity contribution is 5.76. The van der Waals surface area contributed by atoms with Crippen molar-refractivity contribution in [2.75, 3.05) is 6.54 Å². The van der Waals surface area contributed by atoms with Gasteiger partial charge < -0.3 is 4.74 Å². The molecule has 1 aliphatic heterocycles. The van der Waals surface area contributed by atoms with Gasteiger partial charge in [-0.3, -0.25) is 9.69 Å². The predicted molar refractivity (Wildman–Crippen MR) is 75.0 cm³/mol. The van der Waals surface area contributed by atoms with Gasteiger partial charge in [-0.1, -0.05) is 0 Å². The Kier molecular flexibility index (Phi) is 4.42. The number of rotatable bonds is 4. The molecular formula is C14H24N4O2. The summed E-state index contributed by atoms with van der Waals surface area (Å²) < 4.78 is 7.37. The second-order valence-electron chi connectivity index (χ2n) is 6.15. The number of aromatic nitrogens is 3. The van der Waals surface area contributed by atoms with Crippen molar-refractivity contribution in [3.8, 4) is 0 Å². The second kappa shape index (κ2) is 5.91. The van der Waals surface area contributed by atoms with Gasteiger partial charge in [-0.15, -0.1) is 0 Å². The number of ether oxygens (including phenoxy) is 1. The van der Waals surface area contributed by atoms with Crippen molar-refractivity contribution in [2.24, 2.45) is 0 Å². The highest BCUT2D eigenvalue weighted by atomic mass is 16.6. The standard InChI is InChI=1S/C14H24N4O2/c1-5-18-12(15-10-16-18)9-17-8-6-7-11(17)13(19)20-14(2,3)4/h10-11H,5-9H2,1-4H3/t11-/m0/s1. The van der Waals surface area contributed by atoms with Crippen molar-refractivity contribution < 1.29 is 9.53 Å². The molecule has 6 heteroatoms. The molecule has 112 valence electrons. The van der Waals surface area contributed by atoms with Gasteiger partial charge >= 0.3 is 5.97 Å². The number of carbonyl (C=O) groups is 1. The molecule has 0 saturated carbocycles. The summed E-state index contributed by atoms with van der Waals surface area (Å²) in [4.78, 5) is 18.7. The topological polar surface area (TPSA) is 60.2 Å². The minimum atomic E-state index is -0.436. The van der Waals surface area contributed by atoms with Crippen LogP contribution in [-0.2, 0) is 22.6 Å². The van der Waals surface area contributed by atoms with Crippen molar-refractivity contribution >= 4 is 5.97 Å². The zero-order valence-electron chi connectivity index (χ0n) is 12.8. The van der Waals surface area contributed by atoms with E-state index in [1.807, 2.05) is 32.4 Å². The Bertz CT molecular complexity index is 464. The third-order valence-electron chi connectivity index (χ3n) is 3.38. The molecule has 0 radical (unpaired) electrons. The molecule has 20 heavy (non-hydrogen) atoms. The fourth-order valence-corrected chi connectivity index (χ4v) is 2.51. The van der Waals surface area contributed by atoms with E-state index >= 15 is 0 Å². The molecule has 0 N–H and O–H groups in total. The Labute approximate surface area is 120 Å². The molecule has 2 rings (SSSR count). The van der Waals surface area contributed by atoms with Crippen LogP contribution >= 0.6 is 0 Å². The molecule has 0 amide bonds. The lowest BCUT2D eigenvalue weighted by atomic mass is 10.1. The smallest absolute Gasteiger partial charge is 0.323 e. The minimum Gasteiger partial charge on any atom is -0.459 e. The Morgan fingerprint density at radius 3 is 2.90 bits per heavy atom. The normalized spacial score (nSPS) is 20.3. The number of esters is 1. The lowest BCUT2D eigenvalue weighted by Crippen LogP contribution is -2.40. The molecule has 1 saturated heterocycles. The molecule has 1 atom stereocenters. The van der Waals surface area contributed by atoms with Gasteiger partial charge in [0.2, 0.25) is 0 Å². The van der Waals surface area contributed by atoms with Crippen LogP contribution in [0, 0.1) is 0 Å². The Balaban J connectivity index is 2.02. The molecule has 0 bridgehead atoms. The summed E-state index contributed by atoms with van der Waals surface area (Å²) in [5, 5.41) is 4.17. The van der Waals surface area contributed by atoms with Gasteiger partial charge in [0.1, 0.15) is 23.8 Å². The number of aryl methyl sites for hydroxylation is 1. The first kappa shape index (κ1) is 15.0. The molecule has 1 fully saturated rings. The van der Waals surface area contributed by atoms with Crippen molar-refractivity contribution in [3.63, 3.8) is 0 Å². The molecule has 0 unspecified atom stereocenters. The van der Waals surface area contributed by atoms with Crippen LogP contribution in [-0.4, -0.2) is 43.8 Å². The van der Waals surface area contributed by atoms with Crippen LogP contribution in [0.3, 0.4) is 0 Å². The van der Waals surface area contributed by atoms with Crippen molar-refractivity contribution in [2.45, 2.75) is 65.3 Å². The van der Waals surface area contributed by atoms with Gasteiger partial charge in [-0.25, -0.2) is 9.67 Å². The maximum atomic E-state index is 12.2. The zero-order chi connectivity index (χ0) is 14.8. The summed E-state index contributed by atoms with van der Waals surface area (Å²) in [5.41, 5.74) is -0.436. The van der Waals surface area contributed by atoms with Gasteiger partial charge in [0.25, 0.3) is 0 Å². The maximum absolute atomic E-state index is 12.2. The summed E-state index contributed by atoms with van der Waals surface area (Å²) in [5.74, 6) is 0.778. The fourth-order valence-electron chi connectivity index (χ4n) is 2.51. The first-order chi connectivity index (χ1) is 9.40. The summed E-state index contributed by atoms with van der Waals surface area (Å²) in [6.07, 6.45) is 3.44. The van der Waals surface area contributed by atoms with Gasteiger partial charge in [0.15, 0.2) is 0 Å². The van der Waals surface area contributed by atoms with Gasteiger partial charge in [-0.05, 0) is 47.1 Å².